The lowest BCUT2D eigenvalue weighted by Crippen LogP contribution is -2.42. The zero-order chi connectivity index (χ0) is 22.4. The third-order valence-electron chi connectivity index (χ3n) is 7.97. The molecule has 3 aromatic rings. The fourth-order valence-corrected chi connectivity index (χ4v) is 10.4. The van der Waals surface area contributed by atoms with Crippen LogP contribution < -0.4 is 4.90 Å². The first-order valence-corrected chi connectivity index (χ1v) is 13.6. The predicted molar refractivity (Wildman–Crippen MR) is 133 cm³/mol. The maximum atomic E-state index is 13.7. The van der Waals surface area contributed by atoms with E-state index >= 15 is 0 Å². The number of benzene rings is 2. The number of hydrogen-bond acceptors (Lipinski definition) is 5. The van der Waals surface area contributed by atoms with E-state index < -0.39 is 0 Å². The molecule has 1 saturated heterocycles. The van der Waals surface area contributed by atoms with Gasteiger partial charge >= 0.3 is 0 Å². The molecule has 3 heterocycles. The number of rotatable bonds is 2. The summed E-state index contributed by atoms with van der Waals surface area (Å²) in [5.74, 6) is 0.367. The summed E-state index contributed by atoms with van der Waals surface area (Å²) in [6.07, 6.45) is 0.947. The third-order valence-corrected chi connectivity index (χ3v) is 11.2. The molecule has 2 bridgehead atoms. The van der Waals surface area contributed by atoms with E-state index in [0.717, 1.165) is 15.4 Å². The summed E-state index contributed by atoms with van der Waals surface area (Å²) in [5.41, 5.74) is 1.90. The quantitative estimate of drug-likeness (QED) is 0.332. The summed E-state index contributed by atoms with van der Waals surface area (Å²) < 4.78 is 0.794. The van der Waals surface area contributed by atoms with Gasteiger partial charge in [-0.15, -0.1) is 23.1 Å². The lowest BCUT2D eigenvalue weighted by atomic mass is 9.68. The van der Waals surface area contributed by atoms with Crippen LogP contribution in [0.25, 0.3) is 0 Å². The first-order chi connectivity index (χ1) is 16.0. The van der Waals surface area contributed by atoms with Gasteiger partial charge < -0.3 is 4.98 Å². The number of imide groups is 1. The van der Waals surface area contributed by atoms with Crippen molar-refractivity contribution in [1.29, 1.82) is 0 Å². The molecule has 7 atom stereocenters. The molecule has 2 amide bonds. The molecule has 33 heavy (non-hydrogen) atoms. The highest BCUT2D eigenvalue weighted by Crippen LogP contribution is 2.68. The van der Waals surface area contributed by atoms with Crippen molar-refractivity contribution < 1.29 is 9.59 Å². The molecule has 3 fully saturated rings. The number of halogens is 1. The minimum Gasteiger partial charge on any atom is -0.332 e. The van der Waals surface area contributed by atoms with E-state index in [9.17, 15) is 9.59 Å². The Bertz CT molecular complexity index is 1350. The number of nitrogens with zero attached hydrogens (tertiary/aromatic N) is 1. The van der Waals surface area contributed by atoms with Crippen LogP contribution in [0.5, 0.6) is 0 Å². The number of carbonyl (C=O) groups is 2. The second kappa shape index (κ2) is 7.28. The van der Waals surface area contributed by atoms with Crippen LogP contribution in [0.1, 0.15) is 22.8 Å². The van der Waals surface area contributed by atoms with Crippen LogP contribution in [-0.2, 0) is 9.59 Å². The average Bonchev–Trinajstić information content (AvgIpc) is 3.54. The molecular weight excluding hydrogens is 492 g/mol. The number of anilines is 1. The highest BCUT2D eigenvalue weighted by atomic mass is 35.5. The molecule has 1 aromatic heterocycles. The summed E-state index contributed by atoms with van der Waals surface area (Å²) in [5, 5.41) is 2.04. The van der Waals surface area contributed by atoms with Gasteiger partial charge in [0.05, 0.1) is 22.5 Å². The normalized spacial score (nSPS) is 33.8. The highest BCUT2D eigenvalue weighted by molar-refractivity contribution is 8.00. The predicted octanol–water partition coefficient (Wildman–Crippen LogP) is 6.14. The van der Waals surface area contributed by atoms with Gasteiger partial charge in [0, 0.05) is 21.1 Å². The standard InChI is InChI=1S/C25H19ClN2O2S3/c26-12-6-8-13(9-7-12)28-23(29)18-14-10-15(19(18)24(28)30)20-17(14)16(11-4-2-1-3-5-11)21-22(32-20)27-25(31)33-21/h1-9,14-20H,10H2,(H,27,31). The van der Waals surface area contributed by atoms with Gasteiger partial charge in [0.2, 0.25) is 11.8 Å². The average molecular weight is 511 g/mol. The molecule has 7 unspecified atom stereocenters. The summed E-state index contributed by atoms with van der Waals surface area (Å²) in [6, 6.07) is 17.6. The Hall–Kier alpha value is -1.93. The number of aromatic amines is 1. The Balaban J connectivity index is 1.33. The summed E-state index contributed by atoms with van der Waals surface area (Å²) in [7, 11) is 0. The van der Waals surface area contributed by atoms with Crippen molar-refractivity contribution in [2.24, 2.45) is 29.6 Å². The van der Waals surface area contributed by atoms with Crippen LogP contribution in [0.15, 0.2) is 59.6 Å². The second-order valence-electron chi connectivity index (χ2n) is 9.36. The Morgan fingerprint density at radius 1 is 0.970 bits per heavy atom. The summed E-state index contributed by atoms with van der Waals surface area (Å²) in [4.78, 5) is 33.4. The molecule has 7 rings (SSSR count). The first kappa shape index (κ1) is 20.4. The van der Waals surface area contributed by atoms with Gasteiger partial charge in [-0.2, -0.15) is 0 Å². The van der Waals surface area contributed by atoms with Crippen molar-refractivity contribution in [3.63, 3.8) is 0 Å². The van der Waals surface area contributed by atoms with Gasteiger partial charge in [-0.05, 0) is 66.2 Å². The first-order valence-electron chi connectivity index (χ1n) is 11.1. The van der Waals surface area contributed by atoms with E-state index in [-0.39, 0.29) is 41.4 Å². The fraction of sp³-hybridized carbons (Fsp3) is 0.320. The smallest absolute Gasteiger partial charge is 0.238 e. The van der Waals surface area contributed by atoms with Crippen LogP contribution in [0.2, 0.25) is 5.02 Å². The van der Waals surface area contributed by atoms with E-state index in [0.29, 0.717) is 21.9 Å². The molecule has 2 aliphatic carbocycles. The number of H-pyrrole nitrogens is 1. The van der Waals surface area contributed by atoms with Crippen molar-refractivity contribution in [3.8, 4) is 0 Å². The number of thiazole rings is 1. The van der Waals surface area contributed by atoms with Gasteiger partial charge in [0.25, 0.3) is 0 Å². The Labute approximate surface area is 209 Å². The van der Waals surface area contributed by atoms with Crippen molar-refractivity contribution in [1.82, 2.24) is 4.98 Å². The molecule has 4 nitrogen and oxygen atoms in total. The van der Waals surface area contributed by atoms with E-state index in [4.69, 9.17) is 23.8 Å². The monoisotopic (exact) mass is 510 g/mol. The highest BCUT2D eigenvalue weighted by Gasteiger charge is 2.69. The molecule has 2 aliphatic heterocycles. The van der Waals surface area contributed by atoms with Crippen molar-refractivity contribution in [2.45, 2.75) is 22.6 Å². The van der Waals surface area contributed by atoms with Crippen LogP contribution in [0, 0.1) is 33.5 Å². The zero-order valence-corrected chi connectivity index (χ0v) is 20.5. The van der Waals surface area contributed by atoms with Gasteiger partial charge in [-0.1, -0.05) is 41.9 Å². The molecule has 0 spiro atoms. The topological polar surface area (TPSA) is 53.2 Å². The van der Waals surface area contributed by atoms with Gasteiger partial charge in [-0.25, -0.2) is 0 Å². The third kappa shape index (κ3) is 2.80. The van der Waals surface area contributed by atoms with Gasteiger partial charge in [-0.3, -0.25) is 14.5 Å². The van der Waals surface area contributed by atoms with Crippen molar-refractivity contribution in [3.05, 3.63) is 74.0 Å². The maximum Gasteiger partial charge on any atom is 0.238 e. The van der Waals surface area contributed by atoms with Gasteiger partial charge in [0.1, 0.15) is 0 Å². The number of nitrogens with one attached hydrogen (secondary N) is 1. The van der Waals surface area contributed by atoms with Crippen LogP contribution >= 0.6 is 46.9 Å². The number of thioether (sulfide) groups is 1. The Kier molecular flexibility index (Phi) is 4.51. The van der Waals surface area contributed by atoms with E-state index in [1.807, 2.05) is 17.8 Å². The number of hydrogen-bond donors (Lipinski definition) is 1. The van der Waals surface area contributed by atoms with E-state index in [2.05, 4.69) is 29.2 Å². The molecule has 1 N–H and O–H groups in total. The largest absolute Gasteiger partial charge is 0.332 e. The van der Waals surface area contributed by atoms with Crippen LogP contribution in [0.4, 0.5) is 5.69 Å². The SMILES string of the molecule is O=C1C2C3CC(C2C(=O)N1c1ccc(Cl)cc1)C1C(c2ccccc2)c2sc(=S)[nH]c2SC31. The minimum atomic E-state index is -0.236. The number of carbonyl (C=O) groups excluding carboxylic acids is 2. The van der Waals surface area contributed by atoms with E-state index in [1.54, 1.807) is 35.6 Å². The number of aromatic nitrogens is 1. The lowest BCUT2D eigenvalue weighted by molar-refractivity contribution is -0.123. The van der Waals surface area contributed by atoms with Crippen molar-refractivity contribution in [2.75, 3.05) is 4.90 Å². The van der Waals surface area contributed by atoms with Crippen molar-refractivity contribution >= 4 is 64.4 Å². The van der Waals surface area contributed by atoms with Crippen LogP contribution in [0.3, 0.4) is 0 Å². The molecule has 2 saturated carbocycles. The molecule has 8 heteroatoms. The van der Waals surface area contributed by atoms with E-state index in [1.165, 1.54) is 15.3 Å². The lowest BCUT2D eigenvalue weighted by Gasteiger charge is -2.43. The number of fused-ring (bicyclic) bond motifs is 9. The maximum absolute atomic E-state index is 13.7. The Morgan fingerprint density at radius 2 is 1.67 bits per heavy atom. The second-order valence-corrected chi connectivity index (χ2v) is 12.7. The zero-order valence-electron chi connectivity index (χ0n) is 17.3. The molecule has 2 aromatic carbocycles. The number of amides is 2. The molecule has 4 aliphatic rings. The van der Waals surface area contributed by atoms with Crippen LogP contribution in [-0.4, -0.2) is 22.0 Å². The molecule has 166 valence electrons. The fourth-order valence-electron chi connectivity index (χ4n) is 6.90. The summed E-state index contributed by atoms with van der Waals surface area (Å²) >= 11 is 15.1. The molecular formula is C25H19ClN2O2S3. The molecule has 0 radical (unpaired) electrons. The minimum absolute atomic E-state index is 0.0393. The Morgan fingerprint density at radius 3 is 2.39 bits per heavy atom. The van der Waals surface area contributed by atoms with Gasteiger partial charge in [0.15, 0.2) is 3.95 Å². The summed E-state index contributed by atoms with van der Waals surface area (Å²) in [6.45, 7) is 0.